The molecule has 6 heteroatoms. The Morgan fingerprint density at radius 3 is 1.27 bits per heavy atom. The zero-order valence-electron chi connectivity index (χ0n) is 37.4. The van der Waals surface area contributed by atoms with E-state index in [0.29, 0.717) is 19.4 Å². The molecule has 0 saturated carbocycles. The van der Waals surface area contributed by atoms with Crippen LogP contribution in [0, 0.1) is 0 Å². The van der Waals surface area contributed by atoms with Crippen molar-refractivity contribution in [3.05, 3.63) is 24.3 Å². The predicted molar refractivity (Wildman–Crippen MR) is 241 cm³/mol. The van der Waals surface area contributed by atoms with Gasteiger partial charge in [-0.25, -0.2) is 0 Å². The summed E-state index contributed by atoms with van der Waals surface area (Å²) in [5.41, 5.74) is 0. The number of amides is 1. The van der Waals surface area contributed by atoms with Crippen molar-refractivity contribution in [3.8, 4) is 0 Å². The first-order valence-electron chi connectivity index (χ1n) is 24.6. The number of carbonyl (C=O) groups is 2. The van der Waals surface area contributed by atoms with E-state index < -0.39 is 12.1 Å². The van der Waals surface area contributed by atoms with Crippen LogP contribution in [0.1, 0.15) is 258 Å². The Labute approximate surface area is 348 Å². The number of hydrogen-bond donors (Lipinski definition) is 3. The molecule has 0 aromatic heterocycles. The summed E-state index contributed by atoms with van der Waals surface area (Å²) in [7, 11) is 0. The topological polar surface area (TPSA) is 95.9 Å². The zero-order valence-corrected chi connectivity index (χ0v) is 37.4. The highest BCUT2D eigenvalue weighted by molar-refractivity contribution is 5.76. The number of aliphatic hydroxyl groups excluding tert-OH is 2. The normalized spacial score (nSPS) is 12.9. The Hall–Kier alpha value is -1.66. The first-order chi connectivity index (χ1) is 27.5. The van der Waals surface area contributed by atoms with E-state index >= 15 is 0 Å². The Morgan fingerprint density at radius 1 is 0.482 bits per heavy atom. The second-order valence-corrected chi connectivity index (χ2v) is 16.8. The van der Waals surface area contributed by atoms with Gasteiger partial charge in [-0.1, -0.05) is 212 Å². The molecule has 2 unspecified atom stereocenters. The van der Waals surface area contributed by atoms with Crippen LogP contribution in [0.4, 0.5) is 0 Å². The van der Waals surface area contributed by atoms with Gasteiger partial charge in [0.1, 0.15) is 0 Å². The lowest BCUT2D eigenvalue weighted by Crippen LogP contribution is -2.45. The van der Waals surface area contributed by atoms with Crippen LogP contribution in [0.25, 0.3) is 0 Å². The minimum Gasteiger partial charge on any atom is -0.466 e. The molecule has 0 saturated heterocycles. The molecular weight excluding hydrogens is 695 g/mol. The van der Waals surface area contributed by atoms with Crippen molar-refractivity contribution in [2.45, 2.75) is 270 Å². The van der Waals surface area contributed by atoms with E-state index in [1.807, 2.05) is 6.08 Å². The Bertz CT molecular complexity index is 874. The molecule has 0 radical (unpaired) electrons. The van der Waals surface area contributed by atoms with E-state index in [-0.39, 0.29) is 18.5 Å². The highest BCUT2D eigenvalue weighted by Gasteiger charge is 2.18. The van der Waals surface area contributed by atoms with Crippen LogP contribution in [0.5, 0.6) is 0 Å². The van der Waals surface area contributed by atoms with Crippen LogP contribution in [-0.2, 0) is 14.3 Å². The molecule has 0 aliphatic carbocycles. The monoisotopic (exact) mass is 790 g/mol. The summed E-state index contributed by atoms with van der Waals surface area (Å²) < 4.78 is 5.44. The molecular formula is C50H95NO5. The number of nitrogens with one attached hydrogen (secondary N) is 1. The third-order valence-corrected chi connectivity index (χ3v) is 11.2. The van der Waals surface area contributed by atoms with Gasteiger partial charge >= 0.3 is 5.97 Å². The van der Waals surface area contributed by atoms with Crippen LogP contribution in [0.15, 0.2) is 24.3 Å². The number of rotatable bonds is 45. The second kappa shape index (κ2) is 46.0. The highest BCUT2D eigenvalue weighted by Crippen LogP contribution is 2.16. The fourth-order valence-electron chi connectivity index (χ4n) is 7.39. The number of hydrogen-bond acceptors (Lipinski definition) is 5. The fraction of sp³-hybridized carbons (Fsp3) is 0.880. The zero-order chi connectivity index (χ0) is 40.8. The van der Waals surface area contributed by atoms with Gasteiger partial charge in [-0.2, -0.15) is 0 Å². The summed E-state index contributed by atoms with van der Waals surface area (Å²) in [5, 5.41) is 22.8. The molecule has 0 aromatic carbocycles. The smallest absolute Gasteiger partial charge is 0.305 e. The molecule has 0 fully saturated rings. The van der Waals surface area contributed by atoms with Crippen LogP contribution >= 0.6 is 0 Å². The third-order valence-electron chi connectivity index (χ3n) is 11.2. The van der Waals surface area contributed by atoms with Crippen molar-refractivity contribution < 1.29 is 24.5 Å². The maximum atomic E-state index is 12.3. The predicted octanol–water partition coefficient (Wildman–Crippen LogP) is 14.3. The standard InChI is InChI=1S/C50H95NO5/c1-3-5-7-9-11-13-14-15-16-17-18-19-20-21-24-28-32-36-40-44-50(55)56-45-41-37-33-29-25-22-23-27-31-35-39-43-49(54)51-47(46-52)48(53)42-38-34-30-26-12-10-8-6-4-2/h25,29,38,42,47-48,52-53H,3-24,26-28,30-37,39-41,43-46H2,1-2H3,(H,51,54)/b29-25-,42-38+. The molecule has 56 heavy (non-hydrogen) atoms. The SMILES string of the molecule is CCCCCCCCC/C=C/C(O)C(CO)NC(=O)CCCCCCC/C=C\CCCCOC(=O)CCCCCCCCCCCCCCCCCCCCC. The van der Waals surface area contributed by atoms with E-state index in [9.17, 15) is 19.8 Å². The molecule has 0 rings (SSSR count). The maximum Gasteiger partial charge on any atom is 0.305 e. The molecule has 0 aromatic rings. The van der Waals surface area contributed by atoms with Gasteiger partial charge in [0.15, 0.2) is 0 Å². The first kappa shape index (κ1) is 54.3. The number of unbranched alkanes of at least 4 members (excludes halogenated alkanes) is 32. The molecule has 0 aliphatic rings. The number of ether oxygens (including phenoxy) is 1. The first-order valence-corrected chi connectivity index (χ1v) is 24.6. The van der Waals surface area contributed by atoms with Gasteiger partial charge in [0.25, 0.3) is 0 Å². The molecule has 0 bridgehead atoms. The van der Waals surface area contributed by atoms with Crippen LogP contribution < -0.4 is 5.32 Å². The molecule has 6 nitrogen and oxygen atoms in total. The largest absolute Gasteiger partial charge is 0.466 e. The van der Waals surface area contributed by atoms with E-state index in [2.05, 4.69) is 31.3 Å². The van der Waals surface area contributed by atoms with Crippen LogP contribution in [0.2, 0.25) is 0 Å². The summed E-state index contributed by atoms with van der Waals surface area (Å²) in [5.74, 6) is -0.129. The van der Waals surface area contributed by atoms with Gasteiger partial charge < -0.3 is 20.3 Å². The van der Waals surface area contributed by atoms with Gasteiger partial charge in [0.05, 0.1) is 25.4 Å². The van der Waals surface area contributed by atoms with Crippen molar-refractivity contribution in [1.82, 2.24) is 5.32 Å². The van der Waals surface area contributed by atoms with Crippen LogP contribution in [-0.4, -0.2) is 47.4 Å². The van der Waals surface area contributed by atoms with Gasteiger partial charge in [-0.05, 0) is 57.8 Å². The maximum absolute atomic E-state index is 12.3. The minimum absolute atomic E-state index is 0.0293. The van der Waals surface area contributed by atoms with Gasteiger partial charge in [-0.15, -0.1) is 0 Å². The Balaban J connectivity index is 3.48. The Morgan fingerprint density at radius 2 is 0.839 bits per heavy atom. The van der Waals surface area contributed by atoms with Crippen molar-refractivity contribution in [2.75, 3.05) is 13.2 Å². The summed E-state index contributed by atoms with van der Waals surface area (Å²) in [6.07, 6.45) is 53.3. The summed E-state index contributed by atoms with van der Waals surface area (Å²) in [4.78, 5) is 24.4. The van der Waals surface area contributed by atoms with Crippen molar-refractivity contribution >= 4 is 11.9 Å². The summed E-state index contributed by atoms with van der Waals surface area (Å²) in [6, 6.07) is -0.646. The van der Waals surface area contributed by atoms with Crippen molar-refractivity contribution in [1.29, 1.82) is 0 Å². The third kappa shape index (κ3) is 42.0. The molecule has 3 N–H and O–H groups in total. The molecule has 1 amide bonds. The molecule has 2 atom stereocenters. The van der Waals surface area contributed by atoms with Gasteiger partial charge in [-0.3, -0.25) is 9.59 Å². The number of carbonyl (C=O) groups excluding carboxylic acids is 2. The van der Waals surface area contributed by atoms with Gasteiger partial charge in [0.2, 0.25) is 5.91 Å². The Kier molecular flexibility index (Phi) is 44.7. The second-order valence-electron chi connectivity index (χ2n) is 16.8. The quantitative estimate of drug-likeness (QED) is 0.0324. The highest BCUT2D eigenvalue weighted by atomic mass is 16.5. The lowest BCUT2D eigenvalue weighted by Gasteiger charge is -2.20. The number of aliphatic hydroxyl groups is 2. The van der Waals surface area contributed by atoms with E-state index in [1.54, 1.807) is 6.08 Å². The van der Waals surface area contributed by atoms with E-state index in [4.69, 9.17) is 4.74 Å². The average Bonchev–Trinajstić information content (AvgIpc) is 3.20. The minimum atomic E-state index is -0.859. The van der Waals surface area contributed by atoms with E-state index in [0.717, 1.165) is 83.5 Å². The molecule has 330 valence electrons. The molecule has 0 spiro atoms. The van der Waals surface area contributed by atoms with Gasteiger partial charge in [0, 0.05) is 12.8 Å². The van der Waals surface area contributed by atoms with E-state index in [1.165, 1.54) is 148 Å². The number of esters is 1. The fourth-order valence-corrected chi connectivity index (χ4v) is 7.39. The molecule has 0 heterocycles. The lowest BCUT2D eigenvalue weighted by molar-refractivity contribution is -0.143. The lowest BCUT2D eigenvalue weighted by atomic mass is 10.0. The summed E-state index contributed by atoms with van der Waals surface area (Å²) in [6.45, 7) is 4.79. The van der Waals surface area contributed by atoms with Crippen molar-refractivity contribution in [3.63, 3.8) is 0 Å². The van der Waals surface area contributed by atoms with Crippen molar-refractivity contribution in [2.24, 2.45) is 0 Å². The summed E-state index contributed by atoms with van der Waals surface area (Å²) >= 11 is 0. The average molecular weight is 790 g/mol. The number of allylic oxidation sites excluding steroid dienone is 3. The van der Waals surface area contributed by atoms with Crippen LogP contribution in [0.3, 0.4) is 0 Å². The molecule has 0 aliphatic heterocycles.